The van der Waals surface area contributed by atoms with Gasteiger partial charge in [0.15, 0.2) is 0 Å². The van der Waals surface area contributed by atoms with E-state index in [1.807, 2.05) is 0 Å². The molecule has 242 valence electrons. The van der Waals surface area contributed by atoms with E-state index < -0.39 is 15.9 Å². The van der Waals surface area contributed by atoms with Crippen molar-refractivity contribution >= 4 is 16.0 Å². The molecule has 0 spiro atoms. The summed E-state index contributed by atoms with van der Waals surface area (Å²) in [7, 11) is -4.15. The summed E-state index contributed by atoms with van der Waals surface area (Å²) in [6.45, 7) is 10.6. The molecule has 5 fully saturated rings. The minimum atomic E-state index is -4.15. The topological polar surface area (TPSA) is 124 Å². The van der Waals surface area contributed by atoms with Gasteiger partial charge >= 0.3 is 0 Å². The zero-order valence-electron chi connectivity index (χ0n) is 26.4. The van der Waals surface area contributed by atoms with Crippen LogP contribution in [0.15, 0.2) is 0 Å². The number of carbonyl (C=O) groups excluding carboxylic acids is 1. The number of ether oxygens (including phenoxy) is 1. The second-order valence-corrected chi connectivity index (χ2v) is 16.9. The number of fused-ring (bicyclic) bond motifs is 5. The lowest BCUT2D eigenvalue weighted by Gasteiger charge is -2.64. The first-order valence-corrected chi connectivity index (χ1v) is 18.6. The van der Waals surface area contributed by atoms with Crippen LogP contribution < -0.4 is 0 Å². The summed E-state index contributed by atoms with van der Waals surface area (Å²) in [6, 6.07) is -0.0441. The molecule has 9 heteroatoms. The van der Waals surface area contributed by atoms with Crippen molar-refractivity contribution in [1.82, 2.24) is 4.90 Å². The first-order valence-electron chi connectivity index (χ1n) is 17.0. The number of hydrogen-bond donors (Lipinski definition) is 3. The first kappa shape index (κ1) is 32.6. The largest absolute Gasteiger partial charge is 0.393 e. The quantitative estimate of drug-likeness (QED) is 0.316. The smallest absolute Gasteiger partial charge is 0.266 e. The lowest BCUT2D eigenvalue weighted by Crippen LogP contribution is -2.62. The van der Waals surface area contributed by atoms with E-state index >= 15 is 0 Å². The Labute approximate surface area is 254 Å². The van der Waals surface area contributed by atoms with E-state index in [9.17, 15) is 28.0 Å². The molecule has 4 aliphatic carbocycles. The average Bonchev–Trinajstić information content (AvgIpc) is 3.30. The molecule has 0 aromatic carbocycles. The van der Waals surface area contributed by atoms with Gasteiger partial charge in [-0.2, -0.15) is 8.42 Å². The molecule has 4 saturated carbocycles. The van der Waals surface area contributed by atoms with Crippen LogP contribution in [-0.4, -0.2) is 77.8 Å². The highest BCUT2D eigenvalue weighted by Crippen LogP contribution is 2.69. The van der Waals surface area contributed by atoms with Crippen molar-refractivity contribution in [3.63, 3.8) is 0 Å². The minimum absolute atomic E-state index is 0.0206. The van der Waals surface area contributed by atoms with E-state index in [1.165, 1.54) is 6.42 Å². The average molecular weight is 612 g/mol. The van der Waals surface area contributed by atoms with Crippen LogP contribution in [-0.2, 0) is 19.6 Å². The molecule has 1 heterocycles. The monoisotopic (exact) mass is 611 g/mol. The van der Waals surface area contributed by atoms with Crippen LogP contribution in [0.3, 0.4) is 0 Å². The summed E-state index contributed by atoms with van der Waals surface area (Å²) >= 11 is 0. The summed E-state index contributed by atoms with van der Waals surface area (Å²) in [5.41, 5.74) is 0.336. The molecule has 0 radical (unpaired) electrons. The highest BCUT2D eigenvalue weighted by Gasteiger charge is 2.64. The second kappa shape index (κ2) is 12.6. The number of carbonyl (C=O) groups is 1. The lowest BCUT2D eigenvalue weighted by molar-refractivity contribution is -0.203. The van der Waals surface area contributed by atoms with Gasteiger partial charge in [-0.1, -0.05) is 34.1 Å². The van der Waals surface area contributed by atoms with Crippen LogP contribution in [0.2, 0.25) is 0 Å². The summed E-state index contributed by atoms with van der Waals surface area (Å²) in [5.74, 6) is 2.36. The maximum Gasteiger partial charge on any atom is 0.266 e. The van der Waals surface area contributed by atoms with Gasteiger partial charge in [0.05, 0.1) is 18.0 Å². The van der Waals surface area contributed by atoms with E-state index in [-0.39, 0.29) is 47.4 Å². The Morgan fingerprint density at radius 3 is 2.31 bits per heavy atom. The Balaban J connectivity index is 1.27. The van der Waals surface area contributed by atoms with E-state index in [1.54, 1.807) is 4.90 Å². The molecule has 0 aromatic heterocycles. The molecule has 8 nitrogen and oxygen atoms in total. The predicted octanol–water partition coefficient (Wildman–Crippen LogP) is 4.92. The molecule has 0 aromatic rings. The Morgan fingerprint density at radius 1 is 0.976 bits per heavy atom. The molecule has 1 aliphatic heterocycles. The van der Waals surface area contributed by atoms with Gasteiger partial charge in [0, 0.05) is 32.2 Å². The van der Waals surface area contributed by atoms with Crippen molar-refractivity contribution < 1.29 is 32.7 Å². The number of rotatable bonds is 9. The molecule has 1 saturated heterocycles. The van der Waals surface area contributed by atoms with Gasteiger partial charge in [-0.05, 0) is 116 Å². The fourth-order valence-corrected chi connectivity index (χ4v) is 11.8. The number of amides is 1. The SMILES string of the molecule is CCC1C(O)C2C3CCC(C(C)CCC(=O)N(CCS(=O)(=O)O)C4CCOCC4)C3(C)CCC2C2(C)CCC(O)CC12. The van der Waals surface area contributed by atoms with Crippen molar-refractivity contribution in [2.24, 2.45) is 52.3 Å². The third-order valence-electron chi connectivity index (χ3n) is 13.5. The highest BCUT2D eigenvalue weighted by molar-refractivity contribution is 7.85. The number of nitrogens with zero attached hydrogens (tertiary/aromatic N) is 1. The van der Waals surface area contributed by atoms with Gasteiger partial charge in [-0.15, -0.1) is 0 Å². The van der Waals surface area contributed by atoms with Crippen LogP contribution in [0.4, 0.5) is 0 Å². The Kier molecular flexibility index (Phi) is 9.77. The van der Waals surface area contributed by atoms with E-state index in [2.05, 4.69) is 27.7 Å². The minimum Gasteiger partial charge on any atom is -0.393 e. The van der Waals surface area contributed by atoms with Gasteiger partial charge in [-0.25, -0.2) is 0 Å². The number of aliphatic hydroxyl groups is 2. The molecule has 5 aliphatic rings. The maximum absolute atomic E-state index is 13.5. The molecule has 0 bridgehead atoms. The summed E-state index contributed by atoms with van der Waals surface area (Å²) < 4.78 is 37.8. The van der Waals surface area contributed by atoms with Crippen molar-refractivity contribution in [3.05, 3.63) is 0 Å². The standard InChI is InChI=1S/C33H57NO7S/c1-5-24-28-20-23(35)10-14-33(28,4)27-11-15-32(3)25(7-8-26(32)30(27)31(24)37)21(2)6-9-29(36)34(16-19-42(38,39)40)22-12-17-41-18-13-22/h21-28,30-31,35,37H,5-20H2,1-4H3,(H,38,39,40). The molecule has 11 unspecified atom stereocenters. The van der Waals surface area contributed by atoms with E-state index in [0.29, 0.717) is 68.0 Å². The molecule has 1 amide bonds. The summed E-state index contributed by atoms with van der Waals surface area (Å²) in [5, 5.41) is 22.5. The van der Waals surface area contributed by atoms with Crippen molar-refractivity contribution in [1.29, 1.82) is 0 Å². The van der Waals surface area contributed by atoms with Gasteiger partial charge < -0.3 is 19.8 Å². The third-order valence-corrected chi connectivity index (χ3v) is 14.2. The van der Waals surface area contributed by atoms with Gasteiger partial charge in [0.1, 0.15) is 0 Å². The highest BCUT2D eigenvalue weighted by atomic mass is 32.2. The molecule has 11 atom stereocenters. The number of aliphatic hydroxyl groups excluding tert-OH is 2. The fraction of sp³-hybridized carbons (Fsp3) is 0.970. The van der Waals surface area contributed by atoms with Crippen LogP contribution in [0.5, 0.6) is 0 Å². The van der Waals surface area contributed by atoms with Crippen LogP contribution in [0, 0.1) is 52.3 Å². The zero-order valence-corrected chi connectivity index (χ0v) is 27.2. The van der Waals surface area contributed by atoms with E-state index in [4.69, 9.17) is 4.74 Å². The number of hydrogen-bond acceptors (Lipinski definition) is 6. The third kappa shape index (κ3) is 6.08. The van der Waals surface area contributed by atoms with Gasteiger partial charge in [-0.3, -0.25) is 9.35 Å². The van der Waals surface area contributed by atoms with Crippen LogP contribution in [0.25, 0.3) is 0 Å². The maximum atomic E-state index is 13.5. The van der Waals surface area contributed by atoms with Gasteiger partial charge in [0.2, 0.25) is 5.91 Å². The lowest BCUT2D eigenvalue weighted by atomic mass is 9.41. The molecular weight excluding hydrogens is 554 g/mol. The molecule has 42 heavy (non-hydrogen) atoms. The Bertz CT molecular complexity index is 1060. The predicted molar refractivity (Wildman–Crippen MR) is 162 cm³/mol. The Morgan fingerprint density at radius 2 is 1.64 bits per heavy atom. The van der Waals surface area contributed by atoms with E-state index in [0.717, 1.165) is 51.4 Å². The zero-order chi connectivity index (χ0) is 30.4. The Hall–Kier alpha value is -0.740. The van der Waals surface area contributed by atoms with Crippen molar-refractivity contribution in [2.45, 2.75) is 123 Å². The summed E-state index contributed by atoms with van der Waals surface area (Å²) in [6.07, 6.45) is 10.3. The van der Waals surface area contributed by atoms with Crippen molar-refractivity contribution in [2.75, 3.05) is 25.5 Å². The van der Waals surface area contributed by atoms with Crippen molar-refractivity contribution in [3.8, 4) is 0 Å². The van der Waals surface area contributed by atoms with Crippen LogP contribution >= 0.6 is 0 Å². The molecular formula is C33H57NO7S. The first-order chi connectivity index (χ1) is 19.8. The van der Waals surface area contributed by atoms with Crippen LogP contribution in [0.1, 0.15) is 105 Å². The normalized spacial score (nSPS) is 43.2. The second-order valence-electron chi connectivity index (χ2n) is 15.4. The van der Waals surface area contributed by atoms with Gasteiger partial charge in [0.25, 0.3) is 10.1 Å². The fourth-order valence-electron chi connectivity index (χ4n) is 11.3. The summed E-state index contributed by atoms with van der Waals surface area (Å²) in [4.78, 5) is 15.2. The molecule has 5 rings (SSSR count). The molecule has 3 N–H and O–H groups in total.